The second-order valence-electron chi connectivity index (χ2n) is 5.53. The highest BCUT2D eigenvalue weighted by Gasteiger charge is 2.12. The van der Waals surface area contributed by atoms with Gasteiger partial charge in [-0.15, -0.1) is 0 Å². The Kier molecular flexibility index (Phi) is 10.1. The molecule has 0 aromatic heterocycles. The monoisotopic (exact) mass is 306 g/mol. The van der Waals surface area contributed by atoms with Gasteiger partial charge in [0.2, 0.25) is 0 Å². The number of amides is 1. The number of hydrogen-bond acceptors (Lipinski definition) is 3. The number of carbonyl (C=O) groups is 1. The lowest BCUT2D eigenvalue weighted by molar-refractivity contribution is 0.0973. The van der Waals surface area contributed by atoms with Crippen LogP contribution in [0.4, 0.5) is 4.79 Å². The highest BCUT2D eigenvalue weighted by atomic mass is 16.6. The summed E-state index contributed by atoms with van der Waals surface area (Å²) < 4.78 is 5.36. The fraction of sp³-hybridized carbons (Fsp3) is 0.611. The minimum Gasteiger partial charge on any atom is -0.445 e. The van der Waals surface area contributed by atoms with E-state index in [1.165, 1.54) is 19.3 Å². The van der Waals surface area contributed by atoms with Gasteiger partial charge in [-0.1, -0.05) is 56.0 Å². The molecule has 1 aromatic carbocycles. The van der Waals surface area contributed by atoms with Gasteiger partial charge in [-0.25, -0.2) is 4.79 Å². The molecular formula is C18H30N2O2. The smallest absolute Gasteiger partial charge is 0.410 e. The number of rotatable bonds is 11. The molecular weight excluding hydrogens is 276 g/mol. The van der Waals surface area contributed by atoms with Crippen LogP contribution in [0, 0.1) is 0 Å². The third kappa shape index (κ3) is 8.03. The molecule has 0 unspecified atom stereocenters. The van der Waals surface area contributed by atoms with E-state index in [0.717, 1.165) is 37.9 Å². The summed E-state index contributed by atoms with van der Waals surface area (Å²) in [6.45, 7) is 4.60. The number of carbonyl (C=O) groups excluding carboxylic acids is 1. The molecule has 0 radical (unpaired) electrons. The van der Waals surface area contributed by atoms with Gasteiger partial charge in [-0.3, -0.25) is 0 Å². The lowest BCUT2D eigenvalue weighted by Gasteiger charge is -2.20. The number of nitrogens with two attached hydrogens (primary N) is 1. The topological polar surface area (TPSA) is 55.6 Å². The molecule has 1 amide bonds. The molecule has 4 heteroatoms. The van der Waals surface area contributed by atoms with E-state index in [4.69, 9.17) is 10.5 Å². The van der Waals surface area contributed by atoms with Gasteiger partial charge in [-0.2, -0.15) is 0 Å². The Bertz CT molecular complexity index is 395. The summed E-state index contributed by atoms with van der Waals surface area (Å²) >= 11 is 0. The molecule has 22 heavy (non-hydrogen) atoms. The van der Waals surface area contributed by atoms with Crippen LogP contribution < -0.4 is 5.73 Å². The van der Waals surface area contributed by atoms with Crippen LogP contribution in [0.25, 0.3) is 0 Å². The predicted molar refractivity (Wildman–Crippen MR) is 90.6 cm³/mol. The Balaban J connectivity index is 2.15. The van der Waals surface area contributed by atoms with Crippen molar-refractivity contribution >= 4 is 6.09 Å². The van der Waals surface area contributed by atoms with Crippen molar-refractivity contribution in [3.05, 3.63) is 35.9 Å². The van der Waals surface area contributed by atoms with Crippen molar-refractivity contribution < 1.29 is 9.53 Å². The lowest BCUT2D eigenvalue weighted by atomic mass is 10.1. The Morgan fingerprint density at radius 3 is 2.32 bits per heavy atom. The summed E-state index contributed by atoms with van der Waals surface area (Å²) in [5, 5.41) is 0. The summed E-state index contributed by atoms with van der Waals surface area (Å²) in [4.78, 5) is 13.8. The van der Waals surface area contributed by atoms with E-state index in [1.807, 2.05) is 37.3 Å². The minimum absolute atomic E-state index is 0.213. The van der Waals surface area contributed by atoms with Gasteiger partial charge in [-0.05, 0) is 31.9 Å². The van der Waals surface area contributed by atoms with Gasteiger partial charge in [0.1, 0.15) is 6.61 Å². The Labute approximate surface area is 134 Å². The highest BCUT2D eigenvalue weighted by molar-refractivity contribution is 5.67. The van der Waals surface area contributed by atoms with Crippen molar-refractivity contribution in [2.24, 2.45) is 5.73 Å². The van der Waals surface area contributed by atoms with Crippen LogP contribution in [0.3, 0.4) is 0 Å². The molecule has 0 aliphatic heterocycles. The fourth-order valence-electron chi connectivity index (χ4n) is 2.34. The third-order valence-electron chi connectivity index (χ3n) is 3.73. The Morgan fingerprint density at radius 2 is 1.68 bits per heavy atom. The van der Waals surface area contributed by atoms with Crippen LogP contribution >= 0.6 is 0 Å². The number of nitrogens with zero attached hydrogens (tertiary/aromatic N) is 1. The average Bonchev–Trinajstić information content (AvgIpc) is 2.56. The van der Waals surface area contributed by atoms with Crippen LogP contribution in [-0.2, 0) is 11.3 Å². The van der Waals surface area contributed by atoms with Crippen LogP contribution in [0.5, 0.6) is 0 Å². The van der Waals surface area contributed by atoms with E-state index >= 15 is 0 Å². The summed E-state index contributed by atoms with van der Waals surface area (Å²) in [5.41, 5.74) is 6.49. The SMILES string of the molecule is CCN(CCCCCCCCN)C(=O)OCc1ccccc1. The normalized spacial score (nSPS) is 10.5. The first-order chi connectivity index (χ1) is 10.8. The maximum Gasteiger partial charge on any atom is 0.410 e. The van der Waals surface area contributed by atoms with Crippen molar-refractivity contribution in [1.82, 2.24) is 4.90 Å². The van der Waals surface area contributed by atoms with Crippen LogP contribution in [0.1, 0.15) is 51.0 Å². The second-order valence-corrected chi connectivity index (χ2v) is 5.53. The molecule has 0 saturated heterocycles. The standard InChI is InChI=1S/C18H30N2O2/c1-2-20(15-11-6-4-3-5-10-14-19)18(21)22-16-17-12-8-7-9-13-17/h7-9,12-13H,2-6,10-11,14-16,19H2,1H3. The van der Waals surface area contributed by atoms with E-state index in [-0.39, 0.29) is 6.09 Å². The van der Waals surface area contributed by atoms with Gasteiger partial charge in [0.25, 0.3) is 0 Å². The maximum atomic E-state index is 12.0. The molecule has 0 aliphatic carbocycles. The van der Waals surface area contributed by atoms with Crippen molar-refractivity contribution in [2.75, 3.05) is 19.6 Å². The number of ether oxygens (including phenoxy) is 1. The Morgan fingerprint density at radius 1 is 1.05 bits per heavy atom. The Hall–Kier alpha value is -1.55. The molecule has 0 bridgehead atoms. The average molecular weight is 306 g/mol. The highest BCUT2D eigenvalue weighted by Crippen LogP contribution is 2.08. The van der Waals surface area contributed by atoms with Crippen molar-refractivity contribution in [3.63, 3.8) is 0 Å². The van der Waals surface area contributed by atoms with Gasteiger partial charge in [0, 0.05) is 13.1 Å². The van der Waals surface area contributed by atoms with Crippen molar-refractivity contribution in [1.29, 1.82) is 0 Å². The van der Waals surface area contributed by atoms with E-state index in [1.54, 1.807) is 4.90 Å². The molecule has 0 aliphatic rings. The zero-order chi connectivity index (χ0) is 16.0. The zero-order valence-corrected chi connectivity index (χ0v) is 13.8. The fourth-order valence-corrected chi connectivity index (χ4v) is 2.34. The van der Waals surface area contributed by atoms with Crippen LogP contribution in [0.15, 0.2) is 30.3 Å². The number of benzene rings is 1. The summed E-state index contributed by atoms with van der Waals surface area (Å²) in [5.74, 6) is 0. The molecule has 0 atom stereocenters. The molecule has 2 N–H and O–H groups in total. The summed E-state index contributed by atoms with van der Waals surface area (Å²) in [6.07, 6.45) is 6.77. The lowest BCUT2D eigenvalue weighted by Crippen LogP contribution is -2.32. The maximum absolute atomic E-state index is 12.0. The van der Waals surface area contributed by atoms with Gasteiger partial charge in [0.15, 0.2) is 0 Å². The molecule has 0 spiro atoms. The van der Waals surface area contributed by atoms with Gasteiger partial charge >= 0.3 is 6.09 Å². The predicted octanol–water partition coefficient (Wildman–Crippen LogP) is 3.94. The first kappa shape index (κ1) is 18.5. The van der Waals surface area contributed by atoms with Crippen LogP contribution in [-0.4, -0.2) is 30.6 Å². The van der Waals surface area contributed by atoms with E-state index in [9.17, 15) is 4.79 Å². The molecule has 4 nitrogen and oxygen atoms in total. The molecule has 1 aromatic rings. The number of hydrogen-bond donors (Lipinski definition) is 1. The molecule has 0 fully saturated rings. The van der Waals surface area contributed by atoms with Crippen molar-refractivity contribution in [3.8, 4) is 0 Å². The zero-order valence-electron chi connectivity index (χ0n) is 13.8. The largest absolute Gasteiger partial charge is 0.445 e. The van der Waals surface area contributed by atoms with Gasteiger partial charge < -0.3 is 15.4 Å². The quantitative estimate of drug-likeness (QED) is 0.630. The second kappa shape index (κ2) is 12.0. The first-order valence-electron chi connectivity index (χ1n) is 8.43. The van der Waals surface area contributed by atoms with E-state index < -0.39 is 0 Å². The molecule has 1 rings (SSSR count). The van der Waals surface area contributed by atoms with Crippen LogP contribution in [0.2, 0.25) is 0 Å². The van der Waals surface area contributed by atoms with Crippen molar-refractivity contribution in [2.45, 2.75) is 52.1 Å². The van der Waals surface area contributed by atoms with Gasteiger partial charge in [0.05, 0.1) is 0 Å². The third-order valence-corrected chi connectivity index (χ3v) is 3.73. The molecule has 0 saturated carbocycles. The van der Waals surface area contributed by atoms with E-state index in [0.29, 0.717) is 13.2 Å². The minimum atomic E-state index is -0.213. The summed E-state index contributed by atoms with van der Waals surface area (Å²) in [7, 11) is 0. The molecule has 0 heterocycles. The first-order valence-corrected chi connectivity index (χ1v) is 8.43. The van der Waals surface area contributed by atoms with E-state index in [2.05, 4.69) is 0 Å². The molecule has 124 valence electrons. The summed E-state index contributed by atoms with van der Waals surface area (Å²) in [6, 6.07) is 9.78. The number of unbranched alkanes of at least 4 members (excludes halogenated alkanes) is 5.